The van der Waals surface area contributed by atoms with Crippen molar-refractivity contribution in [3.63, 3.8) is 0 Å². The van der Waals surface area contributed by atoms with Crippen LogP contribution >= 0.6 is 0 Å². The quantitative estimate of drug-likeness (QED) is 0.792. The molecule has 1 aromatic rings. The number of nitrogens with zero attached hydrogens (tertiary/aromatic N) is 2. The summed E-state index contributed by atoms with van der Waals surface area (Å²) in [7, 11) is 3.12. The third kappa shape index (κ3) is 4.21. The standard InChI is InChI=1S/C18H27N3O4/c1-21-16(11-14(20-21)13-4-3-5-13)17(22)19-15(18(23)24-2)10-12-6-8-25-9-7-12/h11-13,15H,3-10H2,1-2H3,(H,19,22). The highest BCUT2D eigenvalue weighted by atomic mass is 16.5. The molecule has 1 aliphatic heterocycles. The van der Waals surface area contributed by atoms with E-state index in [2.05, 4.69) is 10.4 Å². The predicted octanol–water partition coefficient (Wildman–Crippen LogP) is 1.78. The Labute approximate surface area is 148 Å². The van der Waals surface area contributed by atoms with Crippen LogP contribution in [0, 0.1) is 5.92 Å². The summed E-state index contributed by atoms with van der Waals surface area (Å²) in [6, 6.07) is 1.21. The van der Waals surface area contributed by atoms with Crippen molar-refractivity contribution in [2.45, 2.75) is 50.5 Å². The fraction of sp³-hybridized carbons (Fsp3) is 0.722. The number of methoxy groups -OCH3 is 1. The third-order valence-corrected chi connectivity index (χ3v) is 5.36. The molecule has 1 amide bonds. The molecule has 3 rings (SSSR count). The van der Waals surface area contributed by atoms with Gasteiger partial charge < -0.3 is 14.8 Å². The van der Waals surface area contributed by atoms with E-state index in [0.717, 1.165) is 31.4 Å². The number of nitrogens with one attached hydrogen (secondary N) is 1. The number of ether oxygens (including phenoxy) is 2. The molecule has 7 nitrogen and oxygen atoms in total. The van der Waals surface area contributed by atoms with Crippen LogP contribution in [0.1, 0.15) is 60.6 Å². The molecule has 138 valence electrons. The summed E-state index contributed by atoms with van der Waals surface area (Å²) in [5.74, 6) is 0.144. The van der Waals surface area contributed by atoms with Crippen LogP contribution in [-0.4, -0.2) is 48.0 Å². The summed E-state index contributed by atoms with van der Waals surface area (Å²) >= 11 is 0. The Kier molecular flexibility index (Phi) is 5.73. The van der Waals surface area contributed by atoms with Gasteiger partial charge in [-0.25, -0.2) is 4.79 Å². The Balaban J connectivity index is 1.66. The Bertz CT molecular complexity index is 618. The van der Waals surface area contributed by atoms with E-state index in [1.807, 2.05) is 6.07 Å². The Morgan fingerprint density at radius 3 is 2.68 bits per heavy atom. The molecule has 2 aliphatic rings. The number of aryl methyl sites for hydroxylation is 1. The highest BCUT2D eigenvalue weighted by Crippen LogP contribution is 2.35. The monoisotopic (exact) mass is 349 g/mol. The predicted molar refractivity (Wildman–Crippen MR) is 91.2 cm³/mol. The van der Waals surface area contributed by atoms with Crippen LogP contribution in [0.15, 0.2) is 6.07 Å². The van der Waals surface area contributed by atoms with Gasteiger partial charge in [0.25, 0.3) is 5.91 Å². The molecular formula is C18H27N3O4. The van der Waals surface area contributed by atoms with Crippen molar-refractivity contribution in [3.8, 4) is 0 Å². The highest BCUT2D eigenvalue weighted by molar-refractivity contribution is 5.95. The number of hydrogen-bond acceptors (Lipinski definition) is 5. The van der Waals surface area contributed by atoms with Crippen LogP contribution in [0.25, 0.3) is 0 Å². The third-order valence-electron chi connectivity index (χ3n) is 5.36. The van der Waals surface area contributed by atoms with Gasteiger partial charge in [0.1, 0.15) is 11.7 Å². The van der Waals surface area contributed by atoms with Crippen molar-refractivity contribution in [2.75, 3.05) is 20.3 Å². The first-order valence-corrected chi connectivity index (χ1v) is 9.09. The molecule has 2 heterocycles. The summed E-state index contributed by atoms with van der Waals surface area (Å²) in [5, 5.41) is 7.31. The van der Waals surface area contributed by atoms with Crippen molar-refractivity contribution < 1.29 is 19.1 Å². The maximum atomic E-state index is 12.7. The Morgan fingerprint density at radius 1 is 1.36 bits per heavy atom. The fourth-order valence-corrected chi connectivity index (χ4v) is 3.51. The SMILES string of the molecule is COC(=O)C(CC1CCOCC1)NC(=O)c1cc(C2CCC2)nn1C. The van der Waals surface area contributed by atoms with Gasteiger partial charge in [-0.1, -0.05) is 6.42 Å². The Hall–Kier alpha value is -1.89. The second-order valence-corrected chi connectivity index (χ2v) is 7.05. The molecule has 0 spiro atoms. The molecule has 1 aliphatic carbocycles. The van der Waals surface area contributed by atoms with E-state index in [4.69, 9.17) is 9.47 Å². The minimum Gasteiger partial charge on any atom is -0.467 e. The van der Waals surface area contributed by atoms with Crippen molar-refractivity contribution in [1.29, 1.82) is 0 Å². The number of carbonyl (C=O) groups is 2. The number of aromatic nitrogens is 2. The first kappa shape index (κ1) is 17.9. The molecule has 1 unspecified atom stereocenters. The normalized spacial score (nSPS) is 19.9. The van der Waals surface area contributed by atoms with Gasteiger partial charge >= 0.3 is 5.97 Å². The zero-order valence-corrected chi connectivity index (χ0v) is 15.0. The molecule has 1 atom stereocenters. The lowest BCUT2D eigenvalue weighted by molar-refractivity contribution is -0.143. The molecule has 1 aromatic heterocycles. The molecule has 1 N–H and O–H groups in total. The molecular weight excluding hydrogens is 322 g/mol. The summed E-state index contributed by atoms with van der Waals surface area (Å²) in [4.78, 5) is 24.8. The van der Waals surface area contributed by atoms with Crippen molar-refractivity contribution in [3.05, 3.63) is 17.5 Å². The lowest BCUT2D eigenvalue weighted by atomic mass is 9.83. The van der Waals surface area contributed by atoms with Gasteiger partial charge in [0.05, 0.1) is 12.8 Å². The largest absolute Gasteiger partial charge is 0.467 e. The molecule has 1 saturated carbocycles. The summed E-state index contributed by atoms with van der Waals surface area (Å²) in [6.45, 7) is 1.41. The van der Waals surface area contributed by atoms with Gasteiger partial charge in [-0.15, -0.1) is 0 Å². The number of hydrogen-bond donors (Lipinski definition) is 1. The Morgan fingerprint density at radius 2 is 2.08 bits per heavy atom. The van der Waals surface area contributed by atoms with E-state index < -0.39 is 12.0 Å². The minimum absolute atomic E-state index is 0.275. The summed E-state index contributed by atoms with van der Waals surface area (Å²) < 4.78 is 11.8. The zero-order valence-electron chi connectivity index (χ0n) is 15.0. The van der Waals surface area contributed by atoms with Crippen LogP contribution in [0.2, 0.25) is 0 Å². The fourth-order valence-electron chi connectivity index (χ4n) is 3.51. The van der Waals surface area contributed by atoms with E-state index >= 15 is 0 Å². The van der Waals surface area contributed by atoms with E-state index in [-0.39, 0.29) is 5.91 Å². The number of esters is 1. The first-order chi connectivity index (χ1) is 12.1. The van der Waals surface area contributed by atoms with Gasteiger partial charge in [0, 0.05) is 26.2 Å². The second kappa shape index (κ2) is 7.99. The second-order valence-electron chi connectivity index (χ2n) is 7.05. The minimum atomic E-state index is -0.636. The lowest BCUT2D eigenvalue weighted by Crippen LogP contribution is -2.43. The van der Waals surface area contributed by atoms with Crippen molar-refractivity contribution in [1.82, 2.24) is 15.1 Å². The molecule has 0 bridgehead atoms. The highest BCUT2D eigenvalue weighted by Gasteiger charge is 2.29. The van der Waals surface area contributed by atoms with Crippen LogP contribution < -0.4 is 5.32 Å². The molecule has 1 saturated heterocycles. The average molecular weight is 349 g/mol. The van der Waals surface area contributed by atoms with Gasteiger partial charge in [-0.2, -0.15) is 5.10 Å². The van der Waals surface area contributed by atoms with Crippen LogP contribution in [0.4, 0.5) is 0 Å². The molecule has 7 heteroatoms. The maximum absolute atomic E-state index is 12.7. The van der Waals surface area contributed by atoms with Crippen molar-refractivity contribution in [2.24, 2.45) is 13.0 Å². The maximum Gasteiger partial charge on any atom is 0.328 e. The lowest BCUT2D eigenvalue weighted by Gasteiger charge is -2.26. The summed E-state index contributed by atoms with van der Waals surface area (Å²) in [5.41, 5.74) is 1.46. The van der Waals surface area contributed by atoms with Gasteiger partial charge in [0.2, 0.25) is 0 Å². The van der Waals surface area contributed by atoms with Crippen LogP contribution in [0.3, 0.4) is 0 Å². The topological polar surface area (TPSA) is 82.4 Å². The van der Waals surface area contributed by atoms with E-state index in [0.29, 0.717) is 37.2 Å². The molecule has 0 radical (unpaired) electrons. The van der Waals surface area contributed by atoms with Gasteiger partial charge in [0.15, 0.2) is 0 Å². The zero-order chi connectivity index (χ0) is 17.8. The van der Waals surface area contributed by atoms with Crippen LogP contribution in [-0.2, 0) is 21.3 Å². The summed E-state index contributed by atoms with van der Waals surface area (Å²) in [6.07, 6.45) is 5.87. The van der Waals surface area contributed by atoms with Gasteiger partial charge in [-0.3, -0.25) is 9.48 Å². The number of amides is 1. The molecule has 25 heavy (non-hydrogen) atoms. The van der Waals surface area contributed by atoms with Crippen molar-refractivity contribution >= 4 is 11.9 Å². The van der Waals surface area contributed by atoms with Gasteiger partial charge in [-0.05, 0) is 44.1 Å². The van der Waals surface area contributed by atoms with E-state index in [9.17, 15) is 9.59 Å². The first-order valence-electron chi connectivity index (χ1n) is 9.09. The van der Waals surface area contributed by atoms with Crippen LogP contribution in [0.5, 0.6) is 0 Å². The molecule has 2 fully saturated rings. The number of carbonyl (C=O) groups excluding carboxylic acids is 2. The number of rotatable bonds is 6. The smallest absolute Gasteiger partial charge is 0.328 e. The molecule has 0 aromatic carbocycles. The van der Waals surface area contributed by atoms with E-state index in [1.165, 1.54) is 13.5 Å². The average Bonchev–Trinajstić information content (AvgIpc) is 2.94. The van der Waals surface area contributed by atoms with E-state index in [1.54, 1.807) is 11.7 Å².